The molecular formula is C25H31FN4O3. The first-order chi connectivity index (χ1) is 15.9. The van der Waals surface area contributed by atoms with Crippen LogP contribution in [0.3, 0.4) is 0 Å². The molecule has 1 aliphatic heterocycles. The number of benzene rings is 2. The fraction of sp³-hybridized carbons (Fsp3) is 0.440. The van der Waals surface area contributed by atoms with Crippen molar-refractivity contribution in [1.82, 2.24) is 20.3 Å². The summed E-state index contributed by atoms with van der Waals surface area (Å²) in [4.78, 5) is 26.8. The van der Waals surface area contributed by atoms with Gasteiger partial charge in [0.15, 0.2) is 5.58 Å². The van der Waals surface area contributed by atoms with Crippen LogP contribution in [0.5, 0.6) is 0 Å². The summed E-state index contributed by atoms with van der Waals surface area (Å²) in [6.45, 7) is 2.37. The highest BCUT2D eigenvalue weighted by molar-refractivity contribution is 5.82. The van der Waals surface area contributed by atoms with Crippen LogP contribution in [0.4, 0.5) is 4.39 Å². The first kappa shape index (κ1) is 23.2. The highest BCUT2D eigenvalue weighted by Gasteiger charge is 2.25. The van der Waals surface area contributed by atoms with E-state index in [1.54, 1.807) is 49.2 Å². The molecule has 1 amide bonds. The van der Waals surface area contributed by atoms with Crippen molar-refractivity contribution in [1.29, 1.82) is 0 Å². The van der Waals surface area contributed by atoms with E-state index in [0.29, 0.717) is 23.7 Å². The van der Waals surface area contributed by atoms with Crippen LogP contribution >= 0.6 is 0 Å². The van der Waals surface area contributed by atoms with Crippen LogP contribution in [-0.2, 0) is 4.79 Å². The third-order valence-electron chi connectivity index (χ3n) is 6.42. The van der Waals surface area contributed by atoms with Crippen molar-refractivity contribution in [3.05, 3.63) is 70.5 Å². The Kier molecular flexibility index (Phi) is 7.25. The number of aromatic nitrogens is 1. The van der Waals surface area contributed by atoms with Gasteiger partial charge in [0.2, 0.25) is 5.91 Å². The van der Waals surface area contributed by atoms with Crippen LogP contribution in [0.2, 0.25) is 0 Å². The van der Waals surface area contributed by atoms with Gasteiger partial charge < -0.3 is 9.32 Å². The normalized spacial score (nSPS) is 19.1. The van der Waals surface area contributed by atoms with Gasteiger partial charge in [-0.3, -0.25) is 20.2 Å². The molecule has 1 fully saturated rings. The second-order valence-electron chi connectivity index (χ2n) is 8.82. The molecule has 2 heterocycles. The van der Waals surface area contributed by atoms with Crippen molar-refractivity contribution >= 4 is 17.0 Å². The van der Waals surface area contributed by atoms with Gasteiger partial charge in [-0.05, 0) is 56.0 Å². The molecular weight excluding hydrogens is 423 g/mol. The van der Waals surface area contributed by atoms with Gasteiger partial charge in [0, 0.05) is 25.7 Å². The number of hydrogen-bond acceptors (Lipinski definition) is 5. The van der Waals surface area contributed by atoms with Gasteiger partial charge in [0.1, 0.15) is 11.9 Å². The summed E-state index contributed by atoms with van der Waals surface area (Å²) in [6, 6.07) is 13.7. The maximum atomic E-state index is 13.4. The zero-order valence-electron chi connectivity index (χ0n) is 19.1. The number of hydrazine groups is 1. The minimum absolute atomic E-state index is 0.108. The van der Waals surface area contributed by atoms with Crippen LogP contribution in [0, 0.1) is 5.82 Å². The summed E-state index contributed by atoms with van der Waals surface area (Å²) >= 11 is 0. The van der Waals surface area contributed by atoms with Crippen molar-refractivity contribution in [3.8, 4) is 0 Å². The van der Waals surface area contributed by atoms with Crippen molar-refractivity contribution in [2.45, 2.75) is 57.2 Å². The summed E-state index contributed by atoms with van der Waals surface area (Å²) in [5.74, 6) is -0.834. The van der Waals surface area contributed by atoms with Crippen molar-refractivity contribution in [2.24, 2.45) is 0 Å². The second-order valence-corrected chi connectivity index (χ2v) is 8.82. The van der Waals surface area contributed by atoms with E-state index in [1.807, 2.05) is 12.1 Å². The highest BCUT2D eigenvalue weighted by atomic mass is 19.1. The fourth-order valence-electron chi connectivity index (χ4n) is 4.56. The van der Waals surface area contributed by atoms with Gasteiger partial charge in [0.25, 0.3) is 0 Å². The molecule has 3 atom stereocenters. The van der Waals surface area contributed by atoms with E-state index in [-0.39, 0.29) is 17.8 Å². The molecule has 1 aromatic heterocycles. The number of nitrogens with zero attached hydrogens (tertiary/aromatic N) is 2. The number of unbranched alkanes of at least 4 members (excludes halogenated alkanes) is 2. The maximum absolute atomic E-state index is 13.4. The predicted molar refractivity (Wildman–Crippen MR) is 125 cm³/mol. The Hall–Kier alpha value is -2.97. The summed E-state index contributed by atoms with van der Waals surface area (Å²) in [6.07, 6.45) is 4.88. The third kappa shape index (κ3) is 5.34. The third-order valence-corrected chi connectivity index (χ3v) is 6.42. The first-order valence-corrected chi connectivity index (χ1v) is 11.6. The Bertz CT molecular complexity index is 1160. The molecule has 2 N–H and O–H groups in total. The molecule has 0 aliphatic carbocycles. The van der Waals surface area contributed by atoms with E-state index < -0.39 is 11.8 Å². The molecule has 4 rings (SSSR count). The molecule has 1 saturated heterocycles. The van der Waals surface area contributed by atoms with Crippen LogP contribution in [0.1, 0.15) is 56.7 Å². The molecule has 33 heavy (non-hydrogen) atoms. The number of rotatable bonds is 9. The molecule has 0 spiro atoms. The topological polar surface area (TPSA) is 79.5 Å². The number of fused-ring (bicyclic) bond motifs is 1. The monoisotopic (exact) mass is 454 g/mol. The molecule has 8 heteroatoms. The van der Waals surface area contributed by atoms with Gasteiger partial charge in [-0.2, -0.15) is 0 Å². The Labute approximate surface area is 192 Å². The van der Waals surface area contributed by atoms with Gasteiger partial charge in [0.05, 0.1) is 5.52 Å². The molecule has 0 radical (unpaired) electrons. The largest absolute Gasteiger partial charge is 0.420 e. The van der Waals surface area contributed by atoms with E-state index in [1.165, 1.54) is 10.6 Å². The predicted octanol–water partition coefficient (Wildman–Crippen LogP) is 3.92. The quantitative estimate of drug-likeness (QED) is 0.479. The smallest absolute Gasteiger partial charge is 0.408 e. The van der Waals surface area contributed by atoms with E-state index >= 15 is 0 Å². The van der Waals surface area contributed by atoms with E-state index in [0.717, 1.165) is 37.7 Å². The summed E-state index contributed by atoms with van der Waals surface area (Å²) in [7, 11) is 1.78. The van der Waals surface area contributed by atoms with Crippen molar-refractivity contribution in [3.63, 3.8) is 0 Å². The Morgan fingerprint density at radius 2 is 2.00 bits per heavy atom. The Balaban J connectivity index is 1.20. The Morgan fingerprint density at radius 3 is 2.82 bits per heavy atom. The molecule has 0 bridgehead atoms. The van der Waals surface area contributed by atoms with E-state index in [9.17, 15) is 14.0 Å². The molecule has 1 aliphatic rings. The summed E-state index contributed by atoms with van der Waals surface area (Å²) < 4.78 is 20.1. The average Bonchev–Trinajstić information content (AvgIpc) is 3.41. The average molecular weight is 455 g/mol. The van der Waals surface area contributed by atoms with E-state index in [2.05, 4.69) is 10.9 Å². The lowest BCUT2D eigenvalue weighted by molar-refractivity contribution is -0.133. The first-order valence-electron chi connectivity index (χ1n) is 11.6. The minimum Gasteiger partial charge on any atom is -0.408 e. The number of carbonyl (C=O) groups excluding carboxylic acids is 1. The molecule has 0 saturated carbocycles. The van der Waals surface area contributed by atoms with Crippen molar-refractivity contribution in [2.75, 3.05) is 13.6 Å². The molecule has 176 valence electrons. The standard InChI is InChI=1S/C25H31FN4O3/c1-17(30-22-12-5-6-13-23(22)33-25(30)32)24(31)29(2)14-7-3-4-11-20-16-21(28-27-20)18-9-8-10-19(26)15-18/h5-6,8-10,12-13,15,17,20-21,27-28H,3-4,7,11,14,16H2,1-2H3. The number of halogens is 1. The lowest BCUT2D eigenvalue weighted by Gasteiger charge is -2.22. The second kappa shape index (κ2) is 10.3. The van der Waals surface area contributed by atoms with Crippen LogP contribution in [-0.4, -0.2) is 35.0 Å². The van der Waals surface area contributed by atoms with Gasteiger partial charge in [-0.1, -0.05) is 37.1 Å². The van der Waals surface area contributed by atoms with Crippen LogP contribution in [0.25, 0.3) is 11.1 Å². The lowest BCUT2D eigenvalue weighted by Crippen LogP contribution is -2.36. The van der Waals surface area contributed by atoms with Crippen LogP contribution < -0.4 is 16.6 Å². The molecule has 7 nitrogen and oxygen atoms in total. The Morgan fingerprint density at radius 1 is 1.18 bits per heavy atom. The number of carbonyl (C=O) groups is 1. The maximum Gasteiger partial charge on any atom is 0.420 e. The number of hydrogen-bond donors (Lipinski definition) is 2. The SMILES string of the molecule is CC(C(=O)N(C)CCCCCC1CC(c2cccc(F)c2)NN1)n1c(=O)oc2ccccc21. The van der Waals surface area contributed by atoms with E-state index in [4.69, 9.17) is 4.42 Å². The summed E-state index contributed by atoms with van der Waals surface area (Å²) in [5, 5.41) is 0. The zero-order valence-corrected chi connectivity index (χ0v) is 19.1. The number of oxazole rings is 1. The van der Waals surface area contributed by atoms with Gasteiger partial charge >= 0.3 is 5.76 Å². The van der Waals surface area contributed by atoms with Crippen LogP contribution in [0.15, 0.2) is 57.7 Å². The highest BCUT2D eigenvalue weighted by Crippen LogP contribution is 2.25. The lowest BCUT2D eigenvalue weighted by atomic mass is 9.99. The zero-order chi connectivity index (χ0) is 23.4. The molecule has 3 unspecified atom stereocenters. The van der Waals surface area contributed by atoms with Crippen molar-refractivity contribution < 1.29 is 13.6 Å². The summed E-state index contributed by atoms with van der Waals surface area (Å²) in [5.41, 5.74) is 8.65. The number of amides is 1. The molecule has 2 aromatic carbocycles. The molecule has 3 aromatic rings. The number of nitrogens with one attached hydrogen (secondary N) is 2. The number of likely N-dealkylation sites (N-methyl/N-ethyl adjacent to an activating group) is 1. The van der Waals surface area contributed by atoms with Gasteiger partial charge in [-0.15, -0.1) is 0 Å². The van der Waals surface area contributed by atoms with Gasteiger partial charge in [-0.25, -0.2) is 9.18 Å². The number of para-hydroxylation sites is 2. The fourth-order valence-corrected chi connectivity index (χ4v) is 4.56. The minimum atomic E-state index is -0.625.